The third-order valence-corrected chi connectivity index (χ3v) is 3.46. The molecule has 1 heterocycles. The van der Waals surface area contributed by atoms with Gasteiger partial charge in [-0.05, 0) is 19.1 Å². The average Bonchev–Trinajstić information content (AvgIpc) is 2.41. The van der Waals surface area contributed by atoms with Gasteiger partial charge < -0.3 is 15.4 Å². The molecule has 0 radical (unpaired) electrons. The van der Waals surface area contributed by atoms with E-state index in [1.54, 1.807) is 6.07 Å². The number of ether oxygens (including phenoxy) is 1. The van der Waals surface area contributed by atoms with Crippen LogP contribution in [0.5, 0.6) is 5.75 Å². The molecule has 1 fully saturated rings. The van der Waals surface area contributed by atoms with Crippen LogP contribution in [0.15, 0.2) is 18.2 Å². The Morgan fingerprint density at radius 3 is 2.43 bits per heavy atom. The summed E-state index contributed by atoms with van der Waals surface area (Å²) >= 11 is 0. The number of piperazine rings is 1. The van der Waals surface area contributed by atoms with Crippen LogP contribution in [0.4, 0.5) is 24.5 Å². The summed E-state index contributed by atoms with van der Waals surface area (Å²) in [7, 11) is 0. The fraction of sp³-hybridized carbons (Fsp3) is 0.571. The highest BCUT2D eigenvalue weighted by atomic mass is 19.4. The Labute approximate surface area is 122 Å². The Hall–Kier alpha value is -1.63. The zero-order valence-corrected chi connectivity index (χ0v) is 12.0. The molecule has 0 atom stereocenters. The Kier molecular flexibility index (Phi) is 4.82. The second-order valence-corrected chi connectivity index (χ2v) is 5.00. The molecule has 0 aliphatic carbocycles. The highest BCUT2D eigenvalue weighted by Gasteiger charge is 2.32. The maximum absolute atomic E-state index is 12.4. The highest BCUT2D eigenvalue weighted by molar-refractivity contribution is 5.74. The first-order valence-electron chi connectivity index (χ1n) is 6.96. The number of nitrogens with two attached hydrogens (primary N) is 1. The van der Waals surface area contributed by atoms with Crippen molar-refractivity contribution >= 4 is 11.4 Å². The predicted molar refractivity (Wildman–Crippen MR) is 76.7 cm³/mol. The predicted octanol–water partition coefficient (Wildman–Crippen LogP) is 2.35. The van der Waals surface area contributed by atoms with Gasteiger partial charge in [0.15, 0.2) is 0 Å². The third kappa shape index (κ3) is 4.17. The largest absolute Gasteiger partial charge is 0.492 e. The molecule has 21 heavy (non-hydrogen) atoms. The van der Waals surface area contributed by atoms with E-state index in [4.69, 9.17) is 10.5 Å². The van der Waals surface area contributed by atoms with Gasteiger partial charge in [0, 0.05) is 26.2 Å². The van der Waals surface area contributed by atoms with Crippen LogP contribution in [0.2, 0.25) is 0 Å². The van der Waals surface area contributed by atoms with Crippen LogP contribution >= 0.6 is 0 Å². The minimum absolute atomic E-state index is 0.373. The first kappa shape index (κ1) is 15.8. The molecule has 2 rings (SSSR count). The average molecular weight is 303 g/mol. The molecule has 1 aliphatic heterocycles. The SMILES string of the molecule is CCOc1cccc(N2CCN(CC(F)(F)F)CC2)c1N. The molecule has 1 aromatic carbocycles. The summed E-state index contributed by atoms with van der Waals surface area (Å²) in [5.74, 6) is 0.618. The van der Waals surface area contributed by atoms with E-state index in [0.717, 1.165) is 5.69 Å². The second-order valence-electron chi connectivity index (χ2n) is 5.00. The zero-order chi connectivity index (χ0) is 15.5. The van der Waals surface area contributed by atoms with Crippen LogP contribution in [-0.4, -0.2) is 50.4 Å². The Bertz CT molecular complexity index is 471. The first-order chi connectivity index (χ1) is 9.90. The van der Waals surface area contributed by atoms with Gasteiger partial charge in [0.05, 0.1) is 24.5 Å². The minimum Gasteiger partial charge on any atom is -0.492 e. The number of hydrogen-bond donors (Lipinski definition) is 1. The molecule has 118 valence electrons. The van der Waals surface area contributed by atoms with Crippen molar-refractivity contribution in [2.45, 2.75) is 13.1 Å². The lowest BCUT2D eigenvalue weighted by atomic mass is 10.2. The molecule has 1 saturated heterocycles. The van der Waals surface area contributed by atoms with Crippen molar-refractivity contribution in [3.63, 3.8) is 0 Å². The van der Waals surface area contributed by atoms with Gasteiger partial charge in [0.25, 0.3) is 0 Å². The summed E-state index contributed by atoms with van der Waals surface area (Å²) in [6.07, 6.45) is -4.14. The number of benzene rings is 1. The molecule has 1 aromatic rings. The quantitative estimate of drug-likeness (QED) is 0.867. The van der Waals surface area contributed by atoms with E-state index in [1.807, 2.05) is 24.0 Å². The van der Waals surface area contributed by atoms with Crippen molar-refractivity contribution in [3.8, 4) is 5.75 Å². The van der Waals surface area contributed by atoms with Gasteiger partial charge in [-0.1, -0.05) is 6.07 Å². The van der Waals surface area contributed by atoms with Crippen LogP contribution in [0.3, 0.4) is 0 Å². The number of nitrogens with zero attached hydrogens (tertiary/aromatic N) is 2. The van der Waals surface area contributed by atoms with Crippen molar-refractivity contribution in [1.82, 2.24) is 4.90 Å². The topological polar surface area (TPSA) is 41.7 Å². The van der Waals surface area contributed by atoms with Crippen LogP contribution < -0.4 is 15.4 Å². The lowest BCUT2D eigenvalue weighted by molar-refractivity contribution is -0.146. The third-order valence-electron chi connectivity index (χ3n) is 3.46. The van der Waals surface area contributed by atoms with Gasteiger partial charge in [-0.2, -0.15) is 13.2 Å². The Morgan fingerprint density at radius 2 is 1.86 bits per heavy atom. The molecule has 0 bridgehead atoms. The molecular formula is C14H20F3N3O. The molecule has 4 nitrogen and oxygen atoms in total. The van der Waals surface area contributed by atoms with Crippen LogP contribution in [0, 0.1) is 0 Å². The van der Waals surface area contributed by atoms with Crippen molar-refractivity contribution in [3.05, 3.63) is 18.2 Å². The molecule has 0 amide bonds. The fourth-order valence-electron chi connectivity index (χ4n) is 2.49. The Morgan fingerprint density at radius 1 is 1.19 bits per heavy atom. The van der Waals surface area contributed by atoms with E-state index in [9.17, 15) is 13.2 Å². The lowest BCUT2D eigenvalue weighted by Gasteiger charge is -2.37. The molecule has 0 unspecified atom stereocenters. The van der Waals surface area contributed by atoms with Crippen molar-refractivity contribution in [2.75, 3.05) is 50.0 Å². The number of anilines is 2. The monoisotopic (exact) mass is 303 g/mol. The smallest absolute Gasteiger partial charge is 0.401 e. The molecule has 0 spiro atoms. The van der Waals surface area contributed by atoms with E-state index in [0.29, 0.717) is 44.2 Å². The van der Waals surface area contributed by atoms with E-state index >= 15 is 0 Å². The Balaban J connectivity index is 2.01. The number of nitrogen functional groups attached to an aromatic ring is 1. The van der Waals surface area contributed by atoms with Gasteiger partial charge >= 0.3 is 6.18 Å². The van der Waals surface area contributed by atoms with Crippen LogP contribution in [0.1, 0.15) is 6.92 Å². The van der Waals surface area contributed by atoms with Gasteiger partial charge in [-0.15, -0.1) is 0 Å². The zero-order valence-electron chi connectivity index (χ0n) is 12.0. The normalized spacial score (nSPS) is 17.0. The molecule has 7 heteroatoms. The van der Waals surface area contributed by atoms with Crippen LogP contribution in [0.25, 0.3) is 0 Å². The highest BCUT2D eigenvalue weighted by Crippen LogP contribution is 2.33. The molecule has 1 aliphatic rings. The number of alkyl halides is 3. The number of hydrogen-bond acceptors (Lipinski definition) is 4. The van der Waals surface area contributed by atoms with Crippen LogP contribution in [-0.2, 0) is 0 Å². The summed E-state index contributed by atoms with van der Waals surface area (Å²) < 4.78 is 42.6. The maximum atomic E-state index is 12.4. The van der Waals surface area contributed by atoms with E-state index < -0.39 is 12.7 Å². The van der Waals surface area contributed by atoms with Crippen molar-refractivity contribution < 1.29 is 17.9 Å². The molecule has 0 aromatic heterocycles. The standard InChI is InChI=1S/C14H20F3N3O/c1-2-21-12-5-3-4-11(13(12)18)20-8-6-19(7-9-20)10-14(15,16)17/h3-5H,2,6-10,18H2,1H3. The van der Waals surface area contributed by atoms with Gasteiger partial charge in [-0.3, -0.25) is 4.90 Å². The van der Waals surface area contributed by atoms with E-state index in [2.05, 4.69) is 0 Å². The summed E-state index contributed by atoms with van der Waals surface area (Å²) in [5.41, 5.74) is 7.45. The summed E-state index contributed by atoms with van der Waals surface area (Å²) in [6, 6.07) is 5.51. The minimum atomic E-state index is -4.14. The van der Waals surface area contributed by atoms with Crippen molar-refractivity contribution in [1.29, 1.82) is 0 Å². The number of para-hydroxylation sites is 1. The van der Waals surface area contributed by atoms with Gasteiger partial charge in [0.1, 0.15) is 5.75 Å². The maximum Gasteiger partial charge on any atom is 0.401 e. The second kappa shape index (κ2) is 6.43. The summed E-state index contributed by atoms with van der Waals surface area (Å²) in [6.45, 7) is 3.34. The lowest BCUT2D eigenvalue weighted by Crippen LogP contribution is -2.49. The first-order valence-corrected chi connectivity index (χ1v) is 6.96. The molecule has 0 saturated carbocycles. The number of rotatable bonds is 4. The summed E-state index contributed by atoms with van der Waals surface area (Å²) in [5, 5.41) is 0. The number of halogens is 3. The fourth-order valence-corrected chi connectivity index (χ4v) is 2.49. The van der Waals surface area contributed by atoms with Crippen molar-refractivity contribution in [2.24, 2.45) is 0 Å². The summed E-state index contributed by atoms with van der Waals surface area (Å²) in [4.78, 5) is 3.42. The molecular weight excluding hydrogens is 283 g/mol. The van der Waals surface area contributed by atoms with E-state index in [-0.39, 0.29) is 0 Å². The van der Waals surface area contributed by atoms with Gasteiger partial charge in [-0.25, -0.2) is 0 Å². The van der Waals surface area contributed by atoms with E-state index in [1.165, 1.54) is 4.90 Å². The van der Waals surface area contributed by atoms with Gasteiger partial charge in [0.2, 0.25) is 0 Å². The molecule has 2 N–H and O–H groups in total.